The van der Waals surface area contributed by atoms with Gasteiger partial charge in [-0.25, -0.2) is 9.97 Å². The highest BCUT2D eigenvalue weighted by Crippen LogP contribution is 2.14. The van der Waals surface area contributed by atoms with Crippen molar-refractivity contribution in [1.29, 1.82) is 0 Å². The van der Waals surface area contributed by atoms with Crippen molar-refractivity contribution in [3.63, 3.8) is 0 Å². The molecule has 0 saturated carbocycles. The summed E-state index contributed by atoms with van der Waals surface area (Å²) in [6.07, 6.45) is 6.68. The monoisotopic (exact) mass is 360 g/mol. The van der Waals surface area contributed by atoms with Crippen LogP contribution < -0.4 is 11.1 Å². The minimum Gasteiger partial charge on any atom is -0.383 e. The fourth-order valence-corrected chi connectivity index (χ4v) is 2.51. The van der Waals surface area contributed by atoms with Gasteiger partial charge in [0.2, 0.25) is 5.91 Å². The number of nitrogens with one attached hydrogen (secondary N) is 2. The number of methoxy groups -OCH3 is 1. The van der Waals surface area contributed by atoms with Crippen LogP contribution in [-0.2, 0) is 9.53 Å². The van der Waals surface area contributed by atoms with E-state index in [-0.39, 0.29) is 17.6 Å². The summed E-state index contributed by atoms with van der Waals surface area (Å²) in [5.41, 5.74) is 6.97. The molecule has 0 spiro atoms. The molecule has 1 aliphatic heterocycles. The summed E-state index contributed by atoms with van der Waals surface area (Å²) in [5.74, 6) is 0.128. The third kappa shape index (κ3) is 5.03. The Balaban J connectivity index is 0.000000228. The zero-order chi connectivity index (χ0) is 18.9. The van der Waals surface area contributed by atoms with Crippen LogP contribution in [-0.4, -0.2) is 65.0 Å². The summed E-state index contributed by atoms with van der Waals surface area (Å²) < 4.78 is 4.85. The van der Waals surface area contributed by atoms with E-state index in [1.807, 2.05) is 4.90 Å². The lowest BCUT2D eigenvalue weighted by atomic mass is 10.3. The number of amides is 2. The Labute approximate surface area is 151 Å². The summed E-state index contributed by atoms with van der Waals surface area (Å²) in [4.78, 5) is 35.4. The molecule has 4 N–H and O–H groups in total. The van der Waals surface area contributed by atoms with Gasteiger partial charge < -0.3 is 25.7 Å². The highest BCUT2D eigenvalue weighted by Gasteiger charge is 2.14. The molecule has 0 bridgehead atoms. The third-order valence-electron chi connectivity index (χ3n) is 3.83. The summed E-state index contributed by atoms with van der Waals surface area (Å²) in [6.45, 7) is 6.16. The van der Waals surface area contributed by atoms with Crippen LogP contribution >= 0.6 is 0 Å². The molecule has 2 amide bonds. The van der Waals surface area contributed by atoms with Crippen molar-refractivity contribution in [2.24, 2.45) is 0 Å². The first kappa shape index (κ1) is 19.4. The van der Waals surface area contributed by atoms with Crippen molar-refractivity contribution in [2.75, 3.05) is 39.1 Å². The van der Waals surface area contributed by atoms with Gasteiger partial charge in [0.05, 0.1) is 18.4 Å². The van der Waals surface area contributed by atoms with E-state index in [2.05, 4.69) is 26.8 Å². The van der Waals surface area contributed by atoms with Crippen LogP contribution in [0.5, 0.6) is 0 Å². The van der Waals surface area contributed by atoms with E-state index in [9.17, 15) is 9.59 Å². The number of fused-ring (bicyclic) bond motifs is 1. The first-order chi connectivity index (χ1) is 12.6. The van der Waals surface area contributed by atoms with Crippen LogP contribution in [0.4, 0.5) is 5.82 Å². The topological polar surface area (TPSA) is 126 Å². The van der Waals surface area contributed by atoms with Gasteiger partial charge >= 0.3 is 0 Å². The van der Waals surface area contributed by atoms with Gasteiger partial charge in [0.25, 0.3) is 5.91 Å². The molecule has 2 aromatic rings. The molecule has 0 aliphatic carbocycles. The van der Waals surface area contributed by atoms with Gasteiger partial charge in [0.15, 0.2) is 5.65 Å². The van der Waals surface area contributed by atoms with Crippen molar-refractivity contribution in [3.05, 3.63) is 30.6 Å². The summed E-state index contributed by atoms with van der Waals surface area (Å²) in [6, 6.07) is 0. The predicted octanol–water partition coefficient (Wildman–Crippen LogP) is 0.711. The van der Waals surface area contributed by atoms with Gasteiger partial charge in [-0.05, 0) is 18.9 Å². The van der Waals surface area contributed by atoms with Crippen LogP contribution in [0.1, 0.15) is 23.2 Å². The fourth-order valence-electron chi connectivity index (χ4n) is 2.51. The van der Waals surface area contributed by atoms with Crippen LogP contribution in [0.15, 0.2) is 25.0 Å². The van der Waals surface area contributed by atoms with E-state index in [1.165, 1.54) is 12.3 Å². The summed E-state index contributed by atoms with van der Waals surface area (Å²) >= 11 is 0. The van der Waals surface area contributed by atoms with Gasteiger partial charge in [-0.1, -0.05) is 6.58 Å². The van der Waals surface area contributed by atoms with Crippen molar-refractivity contribution in [3.8, 4) is 0 Å². The smallest absolute Gasteiger partial charge is 0.255 e. The fraction of sp³-hybridized carbons (Fsp3) is 0.412. The average Bonchev–Trinajstić information content (AvgIpc) is 3.31. The quantitative estimate of drug-likeness (QED) is 0.532. The number of hydrogen-bond donors (Lipinski definition) is 3. The number of rotatable bonds is 5. The molecule has 26 heavy (non-hydrogen) atoms. The molecule has 0 atom stereocenters. The summed E-state index contributed by atoms with van der Waals surface area (Å²) in [7, 11) is 1.57. The summed E-state index contributed by atoms with van der Waals surface area (Å²) in [5, 5.41) is 2.71. The van der Waals surface area contributed by atoms with Gasteiger partial charge in [-0.2, -0.15) is 0 Å². The average molecular weight is 360 g/mol. The van der Waals surface area contributed by atoms with E-state index in [1.54, 1.807) is 13.3 Å². The second-order valence-corrected chi connectivity index (χ2v) is 5.68. The molecule has 2 aromatic heterocycles. The van der Waals surface area contributed by atoms with Gasteiger partial charge in [-0.15, -0.1) is 0 Å². The number of hydrogen-bond acceptors (Lipinski definition) is 6. The number of carbonyl (C=O) groups excluding carboxylic acids is 2. The van der Waals surface area contributed by atoms with E-state index in [0.717, 1.165) is 25.9 Å². The number of aromatic nitrogens is 3. The first-order valence-corrected chi connectivity index (χ1v) is 8.35. The molecular weight excluding hydrogens is 336 g/mol. The second-order valence-electron chi connectivity index (χ2n) is 5.68. The first-order valence-electron chi connectivity index (χ1n) is 8.35. The zero-order valence-electron chi connectivity index (χ0n) is 14.8. The number of likely N-dealkylation sites (tertiary alicyclic amines) is 1. The molecule has 3 heterocycles. The number of H-pyrrole nitrogens is 1. The Bertz CT molecular complexity index is 767. The lowest BCUT2D eigenvalue weighted by molar-refractivity contribution is -0.124. The molecule has 9 nitrogen and oxygen atoms in total. The van der Waals surface area contributed by atoms with E-state index < -0.39 is 0 Å². The minimum absolute atomic E-state index is 0.0764. The molecule has 0 aromatic carbocycles. The lowest BCUT2D eigenvalue weighted by Gasteiger charge is -2.10. The Morgan fingerprint density at radius 1 is 1.46 bits per heavy atom. The van der Waals surface area contributed by atoms with Crippen LogP contribution in [0.2, 0.25) is 0 Å². The number of nitrogen functional groups attached to an aromatic ring is 1. The normalized spacial score (nSPS) is 13.2. The minimum atomic E-state index is -0.229. The van der Waals surface area contributed by atoms with E-state index in [0.29, 0.717) is 29.9 Å². The highest BCUT2D eigenvalue weighted by molar-refractivity contribution is 6.04. The standard InChI is InChI=1S/C10H13N5O2.C7H11NO/c1-17-3-2-12-10(16)6-4-13-9-8(6)15-7(11)5-14-9;1-2-7(9)8-5-3-4-6-8/h4-5H,2-3H2,1H3,(H2,11,15)(H,12,16)(H,13,14);2H,1,3-6H2. The highest BCUT2D eigenvalue weighted by atomic mass is 16.5. The molecular formula is C17H24N6O3. The van der Waals surface area contributed by atoms with Crippen LogP contribution in [0, 0.1) is 0 Å². The van der Waals surface area contributed by atoms with Crippen molar-refractivity contribution >= 4 is 28.8 Å². The number of anilines is 1. The molecule has 1 saturated heterocycles. The van der Waals surface area contributed by atoms with E-state index >= 15 is 0 Å². The number of ether oxygens (including phenoxy) is 1. The van der Waals surface area contributed by atoms with Crippen molar-refractivity contribution < 1.29 is 14.3 Å². The largest absolute Gasteiger partial charge is 0.383 e. The lowest BCUT2D eigenvalue weighted by Crippen LogP contribution is -2.26. The maximum absolute atomic E-state index is 11.8. The maximum Gasteiger partial charge on any atom is 0.255 e. The Hall–Kier alpha value is -2.94. The molecule has 9 heteroatoms. The zero-order valence-corrected chi connectivity index (χ0v) is 14.8. The van der Waals surface area contributed by atoms with E-state index in [4.69, 9.17) is 10.5 Å². The molecule has 0 unspecified atom stereocenters. The number of nitrogens with two attached hydrogens (primary N) is 1. The third-order valence-corrected chi connectivity index (χ3v) is 3.83. The Kier molecular flexibility index (Phi) is 7.10. The number of nitrogens with zero attached hydrogens (tertiary/aromatic N) is 3. The van der Waals surface area contributed by atoms with Gasteiger partial charge in [0.1, 0.15) is 11.3 Å². The molecule has 3 rings (SSSR count). The Morgan fingerprint density at radius 2 is 2.19 bits per heavy atom. The van der Waals surface area contributed by atoms with Gasteiger partial charge in [0, 0.05) is 32.9 Å². The maximum atomic E-state index is 11.8. The number of aromatic amines is 1. The SMILES string of the molecule is C=CC(=O)N1CCCC1.COCCNC(=O)c1c[nH]c2ncc(N)nc12. The van der Waals surface area contributed by atoms with Gasteiger partial charge in [-0.3, -0.25) is 9.59 Å². The van der Waals surface area contributed by atoms with Crippen LogP contribution in [0.25, 0.3) is 11.2 Å². The van der Waals surface area contributed by atoms with Crippen molar-refractivity contribution in [1.82, 2.24) is 25.2 Å². The molecule has 1 aliphatic rings. The van der Waals surface area contributed by atoms with Crippen LogP contribution in [0.3, 0.4) is 0 Å². The Morgan fingerprint density at radius 3 is 2.85 bits per heavy atom. The predicted molar refractivity (Wildman–Crippen MR) is 98.5 cm³/mol. The second kappa shape index (κ2) is 9.52. The molecule has 1 fully saturated rings. The van der Waals surface area contributed by atoms with Crippen molar-refractivity contribution in [2.45, 2.75) is 12.8 Å². The molecule has 140 valence electrons. The molecule has 0 radical (unpaired) electrons. The number of carbonyl (C=O) groups is 2.